The van der Waals surface area contributed by atoms with Crippen LogP contribution < -0.4 is 0 Å². The lowest BCUT2D eigenvalue weighted by molar-refractivity contribution is -0.126. The molecule has 0 aromatic carbocycles. The number of aliphatic hydroxyl groups excluding tert-OH is 1. The normalized spacial score (nSPS) is 41.9. The fourth-order valence-electron chi connectivity index (χ4n) is 7.23. The maximum atomic E-state index is 13.2. The third-order valence-electron chi connectivity index (χ3n) is 8.65. The number of likely N-dealkylation sites (tertiary alicyclic amines) is 1. The monoisotopic (exact) mass is 403 g/mol. The van der Waals surface area contributed by atoms with Crippen LogP contribution in [0.15, 0.2) is 11.8 Å². The largest absolute Gasteiger partial charge is 0.443 e. The zero-order valence-electron chi connectivity index (χ0n) is 18.7. The predicted molar refractivity (Wildman–Crippen MR) is 111 cm³/mol. The topological polar surface area (TPSA) is 66.8 Å². The molecule has 5 nitrogen and oxygen atoms in total. The predicted octanol–water partition coefficient (Wildman–Crippen LogP) is 4.54. The first-order valence-corrected chi connectivity index (χ1v) is 11.4. The summed E-state index contributed by atoms with van der Waals surface area (Å²) in [6.07, 6.45) is 7.76. The Labute approximate surface area is 174 Å². The maximum Gasteiger partial charge on any atom is 0.414 e. The van der Waals surface area contributed by atoms with Crippen LogP contribution in [0.25, 0.3) is 0 Å². The van der Waals surface area contributed by atoms with Crippen LogP contribution in [0.1, 0.15) is 73.1 Å². The number of rotatable bonds is 1. The number of nitrogens with zero attached hydrogens (tertiary/aromatic N) is 1. The summed E-state index contributed by atoms with van der Waals surface area (Å²) in [5.74, 6) is 1.26. The van der Waals surface area contributed by atoms with Crippen LogP contribution >= 0.6 is 0 Å². The molecule has 5 heteroatoms. The number of carbonyl (C=O) groups is 2. The molecule has 4 aliphatic rings. The SMILES string of the molecule is CC(C)(C)OC(=O)N1C[C@H]2[C@@H]3CCC[C@@]3(C)CC[C@@H]2[C@]2(C)C1=CC(=O)CC2CO. The first-order chi connectivity index (χ1) is 13.5. The summed E-state index contributed by atoms with van der Waals surface area (Å²) in [7, 11) is 0. The van der Waals surface area contributed by atoms with E-state index < -0.39 is 5.60 Å². The van der Waals surface area contributed by atoms with E-state index in [0.29, 0.717) is 36.1 Å². The fourth-order valence-corrected chi connectivity index (χ4v) is 7.23. The number of ether oxygens (including phenoxy) is 1. The number of hydrogen-bond donors (Lipinski definition) is 1. The summed E-state index contributed by atoms with van der Waals surface area (Å²) in [6, 6.07) is 0. The van der Waals surface area contributed by atoms with Gasteiger partial charge in [-0.15, -0.1) is 0 Å². The number of piperidine rings is 1. The Morgan fingerprint density at radius 1 is 1.24 bits per heavy atom. The molecule has 162 valence electrons. The van der Waals surface area contributed by atoms with Crippen molar-refractivity contribution in [1.82, 2.24) is 4.90 Å². The molecular formula is C24H37NO4. The van der Waals surface area contributed by atoms with Gasteiger partial charge in [0.15, 0.2) is 5.78 Å². The number of ketones is 1. The lowest BCUT2D eigenvalue weighted by Gasteiger charge is -2.61. The highest BCUT2D eigenvalue weighted by atomic mass is 16.6. The van der Waals surface area contributed by atoms with Crippen molar-refractivity contribution in [2.75, 3.05) is 13.2 Å². The second-order valence-corrected chi connectivity index (χ2v) is 11.4. The molecule has 1 N–H and O–H groups in total. The lowest BCUT2D eigenvalue weighted by Crippen LogP contribution is -2.61. The molecule has 4 rings (SSSR count). The molecule has 1 heterocycles. The van der Waals surface area contributed by atoms with E-state index in [1.807, 2.05) is 20.8 Å². The fraction of sp³-hybridized carbons (Fsp3) is 0.833. The minimum absolute atomic E-state index is 0.00467. The molecule has 3 aliphatic carbocycles. The van der Waals surface area contributed by atoms with Crippen LogP contribution in [0.2, 0.25) is 0 Å². The molecule has 3 fully saturated rings. The number of hydrogen-bond acceptors (Lipinski definition) is 4. The Morgan fingerprint density at radius 3 is 2.62 bits per heavy atom. The highest BCUT2D eigenvalue weighted by molar-refractivity contribution is 5.93. The Hall–Kier alpha value is -1.36. The molecule has 0 aromatic rings. The number of allylic oxidation sites excluding steroid dienone is 2. The van der Waals surface area contributed by atoms with Crippen molar-refractivity contribution >= 4 is 11.9 Å². The zero-order chi connectivity index (χ0) is 21.2. The van der Waals surface area contributed by atoms with Gasteiger partial charge in [-0.2, -0.15) is 0 Å². The molecule has 1 aliphatic heterocycles. The van der Waals surface area contributed by atoms with E-state index in [9.17, 15) is 14.7 Å². The molecule has 2 saturated carbocycles. The minimum Gasteiger partial charge on any atom is -0.443 e. The Kier molecular flexibility index (Phi) is 4.92. The average Bonchev–Trinajstić information content (AvgIpc) is 3.01. The second kappa shape index (κ2) is 6.83. The van der Waals surface area contributed by atoms with Crippen molar-refractivity contribution < 1.29 is 19.4 Å². The summed E-state index contributed by atoms with van der Waals surface area (Å²) in [5, 5.41) is 10.2. The smallest absolute Gasteiger partial charge is 0.414 e. The van der Waals surface area contributed by atoms with Gasteiger partial charge < -0.3 is 9.84 Å². The zero-order valence-corrected chi connectivity index (χ0v) is 18.7. The standard InChI is InChI=1S/C24H37NO4/c1-22(2,3)29-21(28)25-13-17-18-7-6-9-23(18,4)10-8-19(17)24(5)15(14-26)11-16(27)12-20(24)25/h12,15,17-19,26H,6-11,13-14H2,1-5H3/t15?,17-,18-,19-,23-,24+/m0/s1. The van der Waals surface area contributed by atoms with Crippen LogP contribution in [0, 0.1) is 34.5 Å². The number of amides is 1. The molecule has 0 aromatic heterocycles. The van der Waals surface area contributed by atoms with Crippen molar-refractivity contribution in [2.24, 2.45) is 34.5 Å². The molecule has 0 radical (unpaired) electrons. The van der Waals surface area contributed by atoms with Gasteiger partial charge >= 0.3 is 6.09 Å². The van der Waals surface area contributed by atoms with E-state index in [1.54, 1.807) is 11.0 Å². The average molecular weight is 404 g/mol. The molecule has 6 atom stereocenters. The van der Waals surface area contributed by atoms with Gasteiger partial charge in [-0.05, 0) is 69.6 Å². The van der Waals surface area contributed by atoms with E-state index in [0.717, 1.165) is 12.1 Å². The first kappa shape index (κ1) is 20.9. The third-order valence-corrected chi connectivity index (χ3v) is 8.65. The van der Waals surface area contributed by atoms with Crippen molar-refractivity contribution in [3.8, 4) is 0 Å². The number of carbonyl (C=O) groups excluding carboxylic acids is 2. The number of fused-ring (bicyclic) bond motifs is 5. The van der Waals surface area contributed by atoms with Crippen LogP contribution in [-0.4, -0.2) is 40.6 Å². The van der Waals surface area contributed by atoms with Crippen molar-refractivity contribution in [3.63, 3.8) is 0 Å². The van der Waals surface area contributed by atoms with E-state index in [1.165, 1.54) is 25.7 Å². The molecular weight excluding hydrogens is 366 g/mol. The third kappa shape index (κ3) is 3.24. The second-order valence-electron chi connectivity index (χ2n) is 11.4. The van der Waals surface area contributed by atoms with E-state index in [4.69, 9.17) is 4.74 Å². The quantitative estimate of drug-likeness (QED) is 0.698. The number of aliphatic hydroxyl groups is 1. The van der Waals surface area contributed by atoms with Gasteiger partial charge in [0, 0.05) is 42.7 Å². The highest BCUT2D eigenvalue weighted by Gasteiger charge is 2.61. The molecule has 0 spiro atoms. The van der Waals surface area contributed by atoms with Crippen LogP contribution in [-0.2, 0) is 9.53 Å². The Bertz CT molecular complexity index is 738. The van der Waals surface area contributed by atoms with Crippen LogP contribution in [0.3, 0.4) is 0 Å². The van der Waals surface area contributed by atoms with Crippen molar-refractivity contribution in [3.05, 3.63) is 11.8 Å². The minimum atomic E-state index is -0.589. The highest BCUT2D eigenvalue weighted by Crippen LogP contribution is 2.65. The Morgan fingerprint density at radius 2 is 1.97 bits per heavy atom. The van der Waals surface area contributed by atoms with Gasteiger partial charge in [0.1, 0.15) is 5.60 Å². The maximum absolute atomic E-state index is 13.2. The summed E-state index contributed by atoms with van der Waals surface area (Å²) in [6.45, 7) is 10.9. The molecule has 1 amide bonds. The van der Waals surface area contributed by atoms with Gasteiger partial charge in [0.05, 0.1) is 0 Å². The molecule has 29 heavy (non-hydrogen) atoms. The summed E-state index contributed by atoms with van der Waals surface area (Å²) < 4.78 is 5.76. The summed E-state index contributed by atoms with van der Waals surface area (Å²) >= 11 is 0. The molecule has 1 saturated heterocycles. The summed E-state index contributed by atoms with van der Waals surface area (Å²) in [5.41, 5.74) is 0.183. The summed E-state index contributed by atoms with van der Waals surface area (Å²) in [4.78, 5) is 27.5. The van der Waals surface area contributed by atoms with E-state index in [-0.39, 0.29) is 29.8 Å². The first-order valence-electron chi connectivity index (χ1n) is 11.4. The van der Waals surface area contributed by atoms with E-state index in [2.05, 4.69) is 13.8 Å². The van der Waals surface area contributed by atoms with Crippen LogP contribution in [0.5, 0.6) is 0 Å². The van der Waals surface area contributed by atoms with Gasteiger partial charge in [-0.3, -0.25) is 9.69 Å². The molecule has 1 unspecified atom stereocenters. The van der Waals surface area contributed by atoms with Gasteiger partial charge in [0.2, 0.25) is 0 Å². The van der Waals surface area contributed by atoms with E-state index >= 15 is 0 Å². The molecule has 0 bridgehead atoms. The Balaban J connectivity index is 1.79. The van der Waals surface area contributed by atoms with Crippen LogP contribution in [0.4, 0.5) is 4.79 Å². The lowest BCUT2D eigenvalue weighted by atomic mass is 9.48. The van der Waals surface area contributed by atoms with Crippen molar-refractivity contribution in [2.45, 2.75) is 78.7 Å². The van der Waals surface area contributed by atoms with Crippen molar-refractivity contribution in [1.29, 1.82) is 0 Å². The van der Waals surface area contributed by atoms with Gasteiger partial charge in [-0.25, -0.2) is 4.79 Å². The van der Waals surface area contributed by atoms with Gasteiger partial charge in [-0.1, -0.05) is 20.3 Å². The van der Waals surface area contributed by atoms with Gasteiger partial charge in [0.25, 0.3) is 0 Å².